The van der Waals surface area contributed by atoms with E-state index < -0.39 is 35.7 Å². The number of ether oxygens (including phenoxy) is 5. The lowest BCUT2D eigenvalue weighted by atomic mass is 9.91. The molecule has 0 bridgehead atoms. The fourth-order valence-electron chi connectivity index (χ4n) is 9.51. The van der Waals surface area contributed by atoms with Gasteiger partial charge >= 0.3 is 18.3 Å². The molecule has 2 saturated heterocycles. The summed E-state index contributed by atoms with van der Waals surface area (Å²) < 4.78 is 37.9. The zero-order chi connectivity index (χ0) is 56.7. The van der Waals surface area contributed by atoms with Gasteiger partial charge in [0.05, 0.1) is 23.5 Å². The highest BCUT2D eigenvalue weighted by Crippen LogP contribution is 2.33. The molecule has 10 rings (SSSR count). The van der Waals surface area contributed by atoms with Crippen LogP contribution in [0, 0.1) is 0 Å². The molecule has 6 aromatic carbocycles. The maximum Gasteiger partial charge on any atom is 0.416 e. The number of hydrogen-bond donors (Lipinski definition) is 2. The normalized spacial score (nSPS) is 15.2. The van der Waals surface area contributed by atoms with E-state index in [-0.39, 0.29) is 71.4 Å². The van der Waals surface area contributed by atoms with Gasteiger partial charge in [-0.05, 0) is 116 Å². The van der Waals surface area contributed by atoms with E-state index in [1.165, 1.54) is 22.3 Å². The SMILES string of the molecule is C.C.CC(C)(C)OC(=O)Nc1cccc(COc2ccc([C@H](CC(=O)N3C(=O)OC[C@@H]3Cc3ccccc3)c3ccon3)cc2)c1.Nc1cccc(COc2ccc([C@H](CC(=O)N3C(=O)OC[C@@H]3Cc3ccccc3)c3ccon3)cc2)c1. The van der Waals surface area contributed by atoms with Gasteiger partial charge in [0, 0.05) is 48.2 Å². The lowest BCUT2D eigenvalue weighted by Gasteiger charge is -2.22. The van der Waals surface area contributed by atoms with Gasteiger partial charge in [-0.15, -0.1) is 0 Å². The van der Waals surface area contributed by atoms with E-state index >= 15 is 0 Å². The highest BCUT2D eigenvalue weighted by Gasteiger charge is 2.40. The Hall–Kier alpha value is -9.71. The minimum Gasteiger partial charge on any atom is -0.489 e. The molecule has 83 heavy (non-hydrogen) atoms. The van der Waals surface area contributed by atoms with Crippen LogP contribution in [0.2, 0.25) is 0 Å². The van der Waals surface area contributed by atoms with Crippen molar-refractivity contribution >= 4 is 41.5 Å². The van der Waals surface area contributed by atoms with Crippen LogP contribution in [0.25, 0.3) is 0 Å². The second kappa shape index (κ2) is 28.6. The minimum absolute atomic E-state index is 0. The predicted octanol–water partition coefficient (Wildman–Crippen LogP) is 12.9. The van der Waals surface area contributed by atoms with Crippen LogP contribution >= 0.6 is 0 Å². The molecule has 432 valence electrons. The first-order valence-corrected chi connectivity index (χ1v) is 26.5. The first kappa shape index (κ1) is 60.9. The fourth-order valence-corrected chi connectivity index (χ4v) is 9.51. The van der Waals surface area contributed by atoms with Gasteiger partial charge in [0.15, 0.2) is 0 Å². The number of cyclic esters (lactones) is 2. The Morgan fingerprint density at radius 1 is 0.578 bits per heavy atom. The Labute approximate surface area is 483 Å². The average Bonchev–Trinajstić information content (AvgIpc) is 4.35. The number of aromatic nitrogens is 2. The molecule has 5 amide bonds. The van der Waals surface area contributed by atoms with Crippen LogP contribution < -0.4 is 20.5 Å². The molecule has 0 radical (unpaired) electrons. The van der Waals surface area contributed by atoms with E-state index in [1.807, 2.05) is 152 Å². The summed E-state index contributed by atoms with van der Waals surface area (Å²) in [5.41, 5.74) is 13.3. The van der Waals surface area contributed by atoms with Crippen molar-refractivity contribution < 1.29 is 56.7 Å². The maximum absolute atomic E-state index is 13.5. The van der Waals surface area contributed by atoms with Gasteiger partial charge in [-0.1, -0.05) is 134 Å². The lowest BCUT2D eigenvalue weighted by molar-refractivity contribution is -0.130. The third-order valence-corrected chi connectivity index (χ3v) is 13.4. The van der Waals surface area contributed by atoms with Crippen molar-refractivity contribution in [1.29, 1.82) is 0 Å². The molecule has 4 atom stereocenters. The molecule has 4 heterocycles. The van der Waals surface area contributed by atoms with Gasteiger partial charge in [0.25, 0.3) is 0 Å². The number of nitrogens with one attached hydrogen (secondary N) is 1. The molecule has 2 aliphatic heterocycles. The number of carbonyl (C=O) groups excluding carboxylic acids is 5. The largest absolute Gasteiger partial charge is 0.489 e. The molecule has 3 N–H and O–H groups in total. The van der Waals surface area contributed by atoms with Crippen molar-refractivity contribution in [1.82, 2.24) is 20.1 Å². The van der Waals surface area contributed by atoms with Crippen molar-refractivity contribution in [3.63, 3.8) is 0 Å². The first-order valence-electron chi connectivity index (χ1n) is 26.5. The maximum atomic E-state index is 13.5. The van der Waals surface area contributed by atoms with Crippen LogP contribution in [0.3, 0.4) is 0 Å². The van der Waals surface area contributed by atoms with E-state index in [9.17, 15) is 24.0 Å². The smallest absolute Gasteiger partial charge is 0.416 e. The van der Waals surface area contributed by atoms with Gasteiger partial charge in [-0.2, -0.15) is 0 Å². The number of carbonyl (C=O) groups is 5. The molecule has 18 heteroatoms. The molecular formula is C65H70N6O12. The Kier molecular flexibility index (Phi) is 21.0. The lowest BCUT2D eigenvalue weighted by Crippen LogP contribution is -2.40. The van der Waals surface area contributed by atoms with E-state index in [0.29, 0.717) is 53.7 Å². The summed E-state index contributed by atoms with van der Waals surface area (Å²) in [6.45, 7) is 6.40. The molecule has 0 saturated carbocycles. The second-order valence-electron chi connectivity index (χ2n) is 20.5. The summed E-state index contributed by atoms with van der Waals surface area (Å²) in [5, 5.41) is 10.9. The van der Waals surface area contributed by atoms with E-state index in [0.717, 1.165) is 33.4 Å². The highest BCUT2D eigenvalue weighted by atomic mass is 16.6. The number of nitrogen functional groups attached to an aromatic ring is 1. The Balaban J connectivity index is 0.000000236. The molecule has 2 fully saturated rings. The quantitative estimate of drug-likeness (QED) is 0.0567. The standard InChI is InChI=1S/C34H35N3O7.C29H27N3O5.2CH4/c1-34(2,3)44-32(39)35-26-11-7-10-24(18-26)21-41-28-14-12-25(13-15-28)29(30-16-17-43-36-30)20-31(38)37-27(22-42-33(37)40)19-23-8-5-4-6-9-23;30-23-8-4-7-21(15-23)18-35-25-11-9-22(10-12-25)26(27-13-14-37-31-27)17-28(33)32-24(19-36-29(32)34)16-20-5-2-1-3-6-20;;/h4-18,27,29H,19-22H2,1-3H3,(H,35,39);1-15,24,26H,16-19,30H2;2*1H4/t27-,29-;24-,26-;;/m00../s1. The zero-order valence-electron chi connectivity index (χ0n) is 45.1. The summed E-state index contributed by atoms with van der Waals surface area (Å²) in [6, 6.07) is 51.8. The summed E-state index contributed by atoms with van der Waals surface area (Å²) in [6.07, 6.45) is 2.24. The molecule has 0 unspecified atom stereocenters. The number of imide groups is 2. The zero-order valence-corrected chi connectivity index (χ0v) is 45.1. The van der Waals surface area contributed by atoms with Gasteiger partial charge in [-0.3, -0.25) is 14.9 Å². The molecule has 18 nitrogen and oxygen atoms in total. The molecule has 0 aliphatic carbocycles. The van der Waals surface area contributed by atoms with Crippen molar-refractivity contribution in [2.45, 2.75) is 104 Å². The summed E-state index contributed by atoms with van der Waals surface area (Å²) in [4.78, 5) is 66.6. The van der Waals surface area contributed by atoms with Crippen LogP contribution in [0.4, 0.5) is 25.8 Å². The molecule has 2 aromatic heterocycles. The number of hydrogen-bond acceptors (Lipinski definition) is 15. The van der Waals surface area contributed by atoms with E-state index in [1.54, 1.807) is 39.0 Å². The molecule has 8 aromatic rings. The monoisotopic (exact) mass is 1130 g/mol. The van der Waals surface area contributed by atoms with Crippen LogP contribution in [0.5, 0.6) is 11.5 Å². The summed E-state index contributed by atoms with van der Waals surface area (Å²) in [5.74, 6) is -0.213. The van der Waals surface area contributed by atoms with E-state index in [4.69, 9.17) is 38.5 Å². The van der Waals surface area contributed by atoms with Gasteiger partial charge in [-0.25, -0.2) is 24.2 Å². The van der Waals surface area contributed by atoms with E-state index in [2.05, 4.69) is 15.6 Å². The highest BCUT2D eigenvalue weighted by molar-refractivity contribution is 5.95. The van der Waals surface area contributed by atoms with Gasteiger partial charge in [0.1, 0.15) is 56.1 Å². The van der Waals surface area contributed by atoms with Gasteiger partial charge < -0.3 is 38.5 Å². The van der Waals surface area contributed by atoms with Crippen molar-refractivity contribution in [3.8, 4) is 11.5 Å². The minimum atomic E-state index is -0.635. The van der Waals surface area contributed by atoms with Crippen LogP contribution in [0.1, 0.15) is 105 Å². The average molecular weight is 1130 g/mol. The molecule has 2 aliphatic rings. The van der Waals surface area contributed by atoms with Crippen molar-refractivity contribution in [3.05, 3.63) is 227 Å². The first-order chi connectivity index (χ1) is 39.2. The van der Waals surface area contributed by atoms with Crippen molar-refractivity contribution in [2.24, 2.45) is 0 Å². The third-order valence-electron chi connectivity index (χ3n) is 13.4. The Bertz CT molecular complexity index is 3350. The fraction of sp³-hybridized carbons (Fsp3) is 0.277. The number of amides is 5. The second-order valence-corrected chi connectivity index (χ2v) is 20.5. The summed E-state index contributed by atoms with van der Waals surface area (Å²) in [7, 11) is 0. The number of anilines is 2. The van der Waals surface area contributed by atoms with Crippen molar-refractivity contribution in [2.75, 3.05) is 24.3 Å². The molecule has 0 spiro atoms. The topological polar surface area (TPSA) is 228 Å². The predicted molar refractivity (Wildman–Crippen MR) is 312 cm³/mol. The van der Waals surface area contributed by atoms with Gasteiger partial charge in [0.2, 0.25) is 11.8 Å². The van der Waals surface area contributed by atoms with Crippen LogP contribution in [-0.4, -0.2) is 81.1 Å². The number of benzene rings is 6. The molecular weight excluding hydrogens is 1060 g/mol. The third kappa shape index (κ3) is 16.9. The Morgan fingerprint density at radius 3 is 1.43 bits per heavy atom. The number of rotatable bonds is 19. The summed E-state index contributed by atoms with van der Waals surface area (Å²) >= 11 is 0. The number of nitrogens with two attached hydrogens (primary N) is 1. The van der Waals surface area contributed by atoms with Crippen LogP contribution in [-0.2, 0) is 49.9 Å². The Morgan fingerprint density at radius 2 is 1.01 bits per heavy atom. The van der Waals surface area contributed by atoms with Crippen LogP contribution in [0.15, 0.2) is 191 Å². The number of nitrogens with zero attached hydrogens (tertiary/aromatic N) is 4.